The second kappa shape index (κ2) is 6.55. The molecule has 0 saturated carbocycles. The number of rotatable bonds is 4. The Labute approximate surface area is 128 Å². The van der Waals surface area contributed by atoms with Crippen molar-refractivity contribution in [1.29, 1.82) is 0 Å². The van der Waals surface area contributed by atoms with Gasteiger partial charge in [-0.1, -0.05) is 0 Å². The van der Waals surface area contributed by atoms with Gasteiger partial charge in [-0.25, -0.2) is 9.67 Å². The monoisotopic (exact) mass is 301 g/mol. The molecule has 2 unspecified atom stereocenters. The van der Waals surface area contributed by atoms with Crippen LogP contribution in [0.2, 0.25) is 0 Å². The van der Waals surface area contributed by atoms with E-state index >= 15 is 0 Å². The van der Waals surface area contributed by atoms with E-state index in [-0.39, 0.29) is 11.9 Å². The average Bonchev–Trinajstić information content (AvgIpc) is 3.10. The fourth-order valence-electron chi connectivity index (χ4n) is 2.71. The number of hydrogen-bond acceptors (Lipinski definition) is 5. The molecule has 0 bridgehead atoms. The van der Waals surface area contributed by atoms with Crippen LogP contribution >= 0.6 is 0 Å². The Bertz CT molecular complexity index is 602. The summed E-state index contributed by atoms with van der Waals surface area (Å²) < 4.78 is 7.49. The Kier molecular flexibility index (Phi) is 4.32. The minimum Gasteiger partial charge on any atom is -0.479 e. The van der Waals surface area contributed by atoms with Crippen LogP contribution in [0.4, 0.5) is 0 Å². The molecule has 2 aromatic heterocycles. The topological polar surface area (TPSA) is 73.1 Å². The van der Waals surface area contributed by atoms with Crippen LogP contribution in [0.25, 0.3) is 0 Å². The van der Waals surface area contributed by atoms with E-state index in [0.717, 1.165) is 19.4 Å². The summed E-state index contributed by atoms with van der Waals surface area (Å²) in [6, 6.07) is 3.77. The first-order valence-electron chi connectivity index (χ1n) is 7.43. The number of carbonyl (C=O) groups is 1. The molecule has 1 fully saturated rings. The zero-order chi connectivity index (χ0) is 15.4. The van der Waals surface area contributed by atoms with Crippen LogP contribution in [0.3, 0.4) is 0 Å². The summed E-state index contributed by atoms with van der Waals surface area (Å²) in [5.41, 5.74) is 0. The van der Waals surface area contributed by atoms with E-state index in [9.17, 15) is 4.79 Å². The van der Waals surface area contributed by atoms with Crippen LogP contribution in [0.15, 0.2) is 37.2 Å². The molecule has 7 heteroatoms. The largest absolute Gasteiger partial charge is 0.479 e. The van der Waals surface area contributed by atoms with Gasteiger partial charge in [-0.2, -0.15) is 5.10 Å². The van der Waals surface area contributed by atoms with Gasteiger partial charge in [0.05, 0.1) is 12.2 Å². The van der Waals surface area contributed by atoms with Crippen molar-refractivity contribution in [3.05, 3.63) is 37.2 Å². The second-order valence-electron chi connectivity index (χ2n) is 5.40. The Hall–Kier alpha value is -2.44. The maximum absolute atomic E-state index is 12.6. The van der Waals surface area contributed by atoms with Gasteiger partial charge in [0.2, 0.25) is 0 Å². The van der Waals surface area contributed by atoms with Crippen LogP contribution < -0.4 is 4.74 Å². The van der Waals surface area contributed by atoms with Crippen molar-refractivity contribution in [1.82, 2.24) is 24.6 Å². The number of carbonyl (C=O) groups excluding carboxylic acids is 1. The summed E-state index contributed by atoms with van der Waals surface area (Å²) >= 11 is 0. The molecule has 7 nitrogen and oxygen atoms in total. The van der Waals surface area contributed by atoms with E-state index in [1.54, 1.807) is 37.8 Å². The van der Waals surface area contributed by atoms with Crippen molar-refractivity contribution in [2.45, 2.75) is 31.9 Å². The van der Waals surface area contributed by atoms with Gasteiger partial charge in [-0.3, -0.25) is 9.78 Å². The van der Waals surface area contributed by atoms with Gasteiger partial charge in [0.1, 0.15) is 18.4 Å². The van der Waals surface area contributed by atoms with Crippen molar-refractivity contribution in [2.24, 2.45) is 0 Å². The Morgan fingerprint density at radius 3 is 3.09 bits per heavy atom. The third kappa shape index (κ3) is 3.24. The van der Waals surface area contributed by atoms with E-state index in [1.807, 2.05) is 9.58 Å². The molecule has 116 valence electrons. The van der Waals surface area contributed by atoms with Gasteiger partial charge in [-0.15, -0.1) is 0 Å². The molecule has 0 radical (unpaired) electrons. The molecule has 22 heavy (non-hydrogen) atoms. The highest BCUT2D eigenvalue weighted by atomic mass is 16.5. The summed E-state index contributed by atoms with van der Waals surface area (Å²) in [4.78, 5) is 22.4. The lowest BCUT2D eigenvalue weighted by atomic mass is 10.1. The highest BCUT2D eigenvalue weighted by molar-refractivity contribution is 5.81. The highest BCUT2D eigenvalue weighted by Crippen LogP contribution is 2.21. The van der Waals surface area contributed by atoms with Crippen molar-refractivity contribution >= 4 is 5.91 Å². The lowest BCUT2D eigenvalue weighted by molar-refractivity contribution is -0.139. The van der Waals surface area contributed by atoms with E-state index in [2.05, 4.69) is 15.1 Å². The number of ether oxygens (including phenoxy) is 1. The summed E-state index contributed by atoms with van der Waals surface area (Å²) in [7, 11) is 0. The van der Waals surface area contributed by atoms with E-state index < -0.39 is 6.10 Å². The maximum Gasteiger partial charge on any atom is 0.263 e. The standard InChI is InChI=1S/C15H19N5O2/c1-12(22-14-5-2-6-16-8-14)15(21)19-7-3-4-13(9-19)20-11-17-10-18-20/h2,5-6,8,10-13H,3-4,7,9H2,1H3. The Morgan fingerprint density at radius 1 is 1.45 bits per heavy atom. The van der Waals surface area contributed by atoms with Gasteiger partial charge in [0.25, 0.3) is 5.91 Å². The summed E-state index contributed by atoms with van der Waals surface area (Å²) in [6.07, 6.45) is 7.94. The molecule has 1 amide bonds. The SMILES string of the molecule is CC(Oc1cccnc1)C(=O)N1CCCC(n2cncn2)C1. The molecular weight excluding hydrogens is 282 g/mol. The van der Waals surface area contributed by atoms with Crippen molar-refractivity contribution < 1.29 is 9.53 Å². The number of likely N-dealkylation sites (tertiary alicyclic amines) is 1. The summed E-state index contributed by atoms with van der Waals surface area (Å²) in [5.74, 6) is 0.599. The van der Waals surface area contributed by atoms with Gasteiger partial charge >= 0.3 is 0 Å². The Morgan fingerprint density at radius 2 is 2.36 bits per heavy atom. The molecule has 2 aromatic rings. The third-order valence-corrected chi connectivity index (χ3v) is 3.81. The fourth-order valence-corrected chi connectivity index (χ4v) is 2.71. The molecule has 0 N–H and O–H groups in total. The average molecular weight is 301 g/mol. The third-order valence-electron chi connectivity index (χ3n) is 3.81. The highest BCUT2D eigenvalue weighted by Gasteiger charge is 2.28. The number of piperidine rings is 1. The predicted molar refractivity (Wildman–Crippen MR) is 79.2 cm³/mol. The van der Waals surface area contributed by atoms with Crippen molar-refractivity contribution in [3.8, 4) is 5.75 Å². The molecular formula is C15H19N5O2. The molecule has 2 atom stereocenters. The normalized spacial score (nSPS) is 19.7. The number of hydrogen-bond donors (Lipinski definition) is 0. The number of nitrogens with zero attached hydrogens (tertiary/aromatic N) is 5. The summed E-state index contributed by atoms with van der Waals surface area (Å²) in [5, 5.41) is 4.17. The number of aromatic nitrogens is 4. The lowest BCUT2D eigenvalue weighted by Gasteiger charge is -2.34. The smallest absolute Gasteiger partial charge is 0.263 e. The quantitative estimate of drug-likeness (QED) is 0.851. The molecule has 3 rings (SSSR count). The number of amides is 1. The van der Waals surface area contributed by atoms with Crippen LogP contribution in [-0.2, 0) is 4.79 Å². The Balaban J connectivity index is 1.61. The van der Waals surface area contributed by atoms with E-state index in [0.29, 0.717) is 12.3 Å². The first kappa shape index (κ1) is 14.5. The lowest BCUT2D eigenvalue weighted by Crippen LogP contribution is -2.46. The van der Waals surface area contributed by atoms with Crippen LogP contribution in [0.5, 0.6) is 5.75 Å². The maximum atomic E-state index is 12.6. The van der Waals surface area contributed by atoms with Gasteiger partial charge in [0.15, 0.2) is 6.10 Å². The minimum atomic E-state index is -0.529. The first-order chi connectivity index (χ1) is 10.7. The zero-order valence-electron chi connectivity index (χ0n) is 12.5. The summed E-state index contributed by atoms with van der Waals surface area (Å²) in [6.45, 7) is 3.17. The molecule has 1 aliphatic heterocycles. The number of pyridine rings is 1. The first-order valence-corrected chi connectivity index (χ1v) is 7.43. The van der Waals surface area contributed by atoms with E-state index in [4.69, 9.17) is 4.74 Å². The zero-order valence-corrected chi connectivity index (χ0v) is 12.5. The van der Waals surface area contributed by atoms with Gasteiger partial charge in [0, 0.05) is 19.3 Å². The van der Waals surface area contributed by atoms with E-state index in [1.165, 1.54) is 6.33 Å². The molecule has 0 aliphatic carbocycles. The van der Waals surface area contributed by atoms with Crippen LogP contribution in [0.1, 0.15) is 25.8 Å². The molecule has 1 saturated heterocycles. The van der Waals surface area contributed by atoms with Crippen LogP contribution in [-0.4, -0.2) is 49.7 Å². The van der Waals surface area contributed by atoms with Crippen molar-refractivity contribution in [2.75, 3.05) is 13.1 Å². The molecule has 1 aliphatic rings. The second-order valence-corrected chi connectivity index (χ2v) is 5.40. The molecule has 0 spiro atoms. The minimum absolute atomic E-state index is 0.00586. The molecule has 0 aromatic carbocycles. The van der Waals surface area contributed by atoms with Gasteiger partial charge in [-0.05, 0) is 31.9 Å². The van der Waals surface area contributed by atoms with Crippen LogP contribution in [0, 0.1) is 0 Å². The van der Waals surface area contributed by atoms with Gasteiger partial charge < -0.3 is 9.64 Å². The van der Waals surface area contributed by atoms with Crippen molar-refractivity contribution in [3.63, 3.8) is 0 Å². The molecule has 3 heterocycles. The fraction of sp³-hybridized carbons (Fsp3) is 0.467. The predicted octanol–water partition coefficient (Wildman–Crippen LogP) is 1.30.